The largest absolute Gasteiger partial charge is 0.102 e. The Kier molecular flexibility index (Phi) is 11.3. The molecule has 0 amide bonds. The highest BCUT2D eigenvalue weighted by atomic mass is 13.9. The Morgan fingerprint density at radius 1 is 1.00 bits per heavy atom. The summed E-state index contributed by atoms with van der Waals surface area (Å²) in [5.41, 5.74) is 0. The number of hydrogen-bond acceptors (Lipinski definition) is 0. The van der Waals surface area contributed by atoms with E-state index in [-0.39, 0.29) is 0 Å². The van der Waals surface area contributed by atoms with Gasteiger partial charge >= 0.3 is 0 Å². The minimum Gasteiger partial charge on any atom is -0.102 e. The highest BCUT2D eigenvalue weighted by Crippen LogP contribution is 2.01. The summed E-state index contributed by atoms with van der Waals surface area (Å²) in [5.74, 6) is 1.18. The summed E-state index contributed by atoms with van der Waals surface area (Å²) in [5, 5.41) is 0. The summed E-state index contributed by atoms with van der Waals surface area (Å²) >= 11 is 0. The van der Waals surface area contributed by atoms with Gasteiger partial charge in [0.2, 0.25) is 0 Å². The van der Waals surface area contributed by atoms with Gasteiger partial charge in [-0.2, -0.15) is 0 Å². The highest BCUT2D eigenvalue weighted by Gasteiger charge is 1.87. The van der Waals surface area contributed by atoms with Gasteiger partial charge in [-0.25, -0.2) is 0 Å². The molecular weight excluding hydrogens is 132 g/mol. The van der Waals surface area contributed by atoms with E-state index in [4.69, 9.17) is 0 Å². The van der Waals surface area contributed by atoms with E-state index in [1.54, 1.807) is 0 Å². The first-order chi connectivity index (χ1) is 5.16. The van der Waals surface area contributed by atoms with Crippen molar-refractivity contribution in [3.05, 3.63) is 24.8 Å². The summed E-state index contributed by atoms with van der Waals surface area (Å²) in [6.07, 6.45) is 6.32. The predicted octanol–water partition coefficient (Wildman–Crippen LogP) is 4.05. The maximum atomic E-state index is 3.69. The van der Waals surface area contributed by atoms with E-state index in [0.29, 0.717) is 11.8 Å². The van der Waals surface area contributed by atoms with Crippen molar-refractivity contribution in [2.24, 2.45) is 11.8 Å². The van der Waals surface area contributed by atoms with E-state index in [2.05, 4.69) is 39.5 Å². The molecule has 11 heavy (non-hydrogen) atoms. The lowest BCUT2D eigenvalue weighted by molar-refractivity contribution is 0.811. The Morgan fingerprint density at radius 2 is 1.45 bits per heavy atom. The third-order valence-corrected chi connectivity index (χ3v) is 1.17. The van der Waals surface area contributed by atoms with Gasteiger partial charge in [0, 0.05) is 0 Å². The summed E-state index contributed by atoms with van der Waals surface area (Å²) in [6.45, 7) is 14.2. The molecule has 0 N–H and O–H groups in total. The van der Waals surface area contributed by atoms with Crippen LogP contribution < -0.4 is 0 Å². The van der Waals surface area contributed by atoms with Gasteiger partial charge < -0.3 is 0 Å². The monoisotopic (exact) mass is 154 g/mol. The Hall–Kier alpha value is -0.520. The molecule has 0 aliphatic carbocycles. The maximum Gasteiger partial charge on any atom is -0.00845 e. The van der Waals surface area contributed by atoms with Gasteiger partial charge in [0.05, 0.1) is 0 Å². The van der Waals surface area contributed by atoms with Crippen LogP contribution >= 0.6 is 0 Å². The van der Waals surface area contributed by atoms with Crippen molar-refractivity contribution < 1.29 is 0 Å². The van der Waals surface area contributed by atoms with Gasteiger partial charge in [0.1, 0.15) is 0 Å². The van der Waals surface area contributed by atoms with E-state index in [0.717, 1.165) is 0 Å². The normalized spacial score (nSPS) is 12.5. The summed E-state index contributed by atoms with van der Waals surface area (Å²) in [6, 6.07) is 0. The first-order valence-corrected chi connectivity index (χ1v) is 4.47. The molecule has 1 atom stereocenters. The van der Waals surface area contributed by atoms with Crippen LogP contribution in [0.1, 0.15) is 34.6 Å². The molecule has 0 aromatic heterocycles. The third-order valence-electron chi connectivity index (χ3n) is 1.17. The minimum atomic E-state index is 0.521. The molecule has 1 unspecified atom stereocenters. The van der Waals surface area contributed by atoms with Gasteiger partial charge in [0.15, 0.2) is 0 Å². The zero-order chi connectivity index (χ0) is 9.28. The average Bonchev–Trinajstić information content (AvgIpc) is 2.04. The van der Waals surface area contributed by atoms with Crippen LogP contribution in [0.4, 0.5) is 0 Å². The quantitative estimate of drug-likeness (QED) is 0.538. The highest BCUT2D eigenvalue weighted by molar-refractivity contribution is 4.95. The summed E-state index contributed by atoms with van der Waals surface area (Å²) in [7, 11) is 0. The first kappa shape index (κ1) is 13.1. The molecule has 0 fully saturated rings. The zero-order valence-corrected chi connectivity index (χ0v) is 8.59. The van der Waals surface area contributed by atoms with Crippen LogP contribution in [0.15, 0.2) is 24.8 Å². The van der Waals surface area contributed by atoms with E-state index in [9.17, 15) is 0 Å². The van der Waals surface area contributed by atoms with Crippen molar-refractivity contribution in [1.82, 2.24) is 0 Å². The van der Waals surface area contributed by atoms with Gasteiger partial charge in [-0.15, -0.1) is 6.58 Å². The van der Waals surface area contributed by atoms with Crippen LogP contribution in [0.5, 0.6) is 0 Å². The van der Waals surface area contributed by atoms with Crippen molar-refractivity contribution >= 4 is 0 Å². The zero-order valence-electron chi connectivity index (χ0n) is 8.59. The SMILES string of the molecule is C=CC(C)/C=C\C(C)C.CC. The summed E-state index contributed by atoms with van der Waals surface area (Å²) in [4.78, 5) is 0. The van der Waals surface area contributed by atoms with Gasteiger partial charge in [-0.1, -0.05) is 52.8 Å². The number of rotatable bonds is 3. The fourth-order valence-corrected chi connectivity index (χ4v) is 0.476. The topological polar surface area (TPSA) is 0 Å². The lowest BCUT2D eigenvalue weighted by Crippen LogP contribution is -1.83. The van der Waals surface area contributed by atoms with Crippen LogP contribution in [0.2, 0.25) is 0 Å². The predicted molar refractivity (Wildman–Crippen MR) is 54.7 cm³/mol. The molecule has 0 bridgehead atoms. The average molecular weight is 154 g/mol. The molecule has 0 spiro atoms. The van der Waals surface area contributed by atoms with Crippen molar-refractivity contribution in [3.63, 3.8) is 0 Å². The Balaban J connectivity index is 0. The third kappa shape index (κ3) is 12.6. The van der Waals surface area contributed by atoms with Crippen LogP contribution in [0.25, 0.3) is 0 Å². The molecule has 0 aromatic rings. The van der Waals surface area contributed by atoms with E-state index in [1.807, 2.05) is 19.9 Å². The second-order valence-electron chi connectivity index (χ2n) is 2.72. The fourth-order valence-electron chi connectivity index (χ4n) is 0.476. The molecule has 0 rings (SSSR count). The van der Waals surface area contributed by atoms with Crippen molar-refractivity contribution in [1.29, 1.82) is 0 Å². The molecule has 0 heterocycles. The van der Waals surface area contributed by atoms with Gasteiger partial charge in [0.25, 0.3) is 0 Å². The smallest absolute Gasteiger partial charge is 0.00845 e. The van der Waals surface area contributed by atoms with Crippen molar-refractivity contribution in [2.75, 3.05) is 0 Å². The summed E-state index contributed by atoms with van der Waals surface area (Å²) < 4.78 is 0. The van der Waals surface area contributed by atoms with E-state index < -0.39 is 0 Å². The van der Waals surface area contributed by atoms with Crippen LogP contribution in [0, 0.1) is 11.8 Å². The van der Waals surface area contributed by atoms with Crippen molar-refractivity contribution in [3.8, 4) is 0 Å². The molecular formula is C11H22. The fraction of sp³-hybridized carbons (Fsp3) is 0.636. The lowest BCUT2D eigenvalue weighted by atomic mass is 10.1. The molecule has 0 radical (unpaired) electrons. The first-order valence-electron chi connectivity index (χ1n) is 4.47. The molecule has 0 nitrogen and oxygen atoms in total. The lowest BCUT2D eigenvalue weighted by Gasteiger charge is -1.97. The molecule has 0 heteroatoms. The maximum absolute atomic E-state index is 3.69. The van der Waals surface area contributed by atoms with E-state index in [1.165, 1.54) is 0 Å². The van der Waals surface area contributed by atoms with Crippen LogP contribution in [0.3, 0.4) is 0 Å². The minimum absolute atomic E-state index is 0.521. The molecule has 66 valence electrons. The Morgan fingerprint density at radius 3 is 1.73 bits per heavy atom. The molecule has 0 aliphatic rings. The molecule has 0 aliphatic heterocycles. The van der Waals surface area contributed by atoms with Crippen LogP contribution in [-0.4, -0.2) is 0 Å². The van der Waals surface area contributed by atoms with Crippen molar-refractivity contribution in [2.45, 2.75) is 34.6 Å². The molecule has 0 aromatic carbocycles. The van der Waals surface area contributed by atoms with Crippen LogP contribution in [-0.2, 0) is 0 Å². The van der Waals surface area contributed by atoms with E-state index >= 15 is 0 Å². The Labute approximate surface area is 72.0 Å². The standard InChI is InChI=1S/C9H16.C2H6/c1-5-9(4)7-6-8(2)3;1-2/h5-9H,1H2,2-4H3;1-2H3/b7-6-;. The molecule has 0 saturated carbocycles. The number of allylic oxidation sites excluding steroid dienone is 3. The van der Waals surface area contributed by atoms with Gasteiger partial charge in [-0.05, 0) is 11.8 Å². The number of hydrogen-bond donors (Lipinski definition) is 0. The second-order valence-corrected chi connectivity index (χ2v) is 2.72. The Bertz CT molecular complexity index is 98.6. The second kappa shape index (κ2) is 9.48. The van der Waals surface area contributed by atoms with Gasteiger partial charge in [-0.3, -0.25) is 0 Å². The molecule has 0 saturated heterocycles.